The summed E-state index contributed by atoms with van der Waals surface area (Å²) in [6, 6.07) is 0. The summed E-state index contributed by atoms with van der Waals surface area (Å²) in [4.78, 5) is 0. The van der Waals surface area contributed by atoms with E-state index in [0.29, 0.717) is 6.61 Å². The van der Waals surface area contributed by atoms with E-state index >= 15 is 0 Å². The van der Waals surface area contributed by atoms with Crippen LogP contribution in [0.3, 0.4) is 0 Å². The van der Waals surface area contributed by atoms with Crippen molar-refractivity contribution in [2.75, 3.05) is 6.61 Å². The van der Waals surface area contributed by atoms with Crippen LogP contribution in [0.4, 0.5) is 0 Å². The summed E-state index contributed by atoms with van der Waals surface area (Å²) in [6.45, 7) is 2.55. The molecule has 0 bridgehead atoms. The summed E-state index contributed by atoms with van der Waals surface area (Å²) in [5, 5.41) is 0. The third kappa shape index (κ3) is 10.8. The molecule has 0 saturated heterocycles. The van der Waals surface area contributed by atoms with Gasteiger partial charge in [-0.1, -0.05) is 6.92 Å². The summed E-state index contributed by atoms with van der Waals surface area (Å²) in [6.07, 6.45) is 0.926. The molecular weight excluding hydrogens is 147 g/mol. The third-order valence-electron chi connectivity index (χ3n) is 0.348. The van der Waals surface area contributed by atoms with Crippen LogP contribution in [0.5, 0.6) is 0 Å². The van der Waals surface area contributed by atoms with Crippen LogP contribution < -0.4 is 0 Å². The maximum atomic E-state index is 9.44. The van der Waals surface area contributed by atoms with Crippen molar-refractivity contribution in [1.82, 2.24) is 0 Å². The molecule has 0 amide bonds. The zero-order chi connectivity index (χ0) is 4.83. The Hall–Kier alpha value is 0.774. The molecular formula is C3H7O2PTi. The maximum absolute atomic E-state index is 9.44. The molecule has 0 spiro atoms. The number of hydrogen-bond acceptors (Lipinski definition) is 2. The van der Waals surface area contributed by atoms with Crippen LogP contribution >= 0.6 is 8.69 Å². The van der Waals surface area contributed by atoms with Gasteiger partial charge in [0.05, 0.1) is 6.61 Å². The van der Waals surface area contributed by atoms with Gasteiger partial charge in [0.25, 0.3) is 0 Å². The van der Waals surface area contributed by atoms with Crippen molar-refractivity contribution in [2.24, 2.45) is 0 Å². The Morgan fingerprint density at radius 3 is 2.43 bits per heavy atom. The van der Waals surface area contributed by atoms with Gasteiger partial charge in [-0.25, -0.2) is 4.57 Å². The quantitative estimate of drug-likeness (QED) is 0.350. The molecule has 0 aromatic carbocycles. The molecule has 0 aromatic heterocycles. The molecule has 0 unspecified atom stereocenters. The van der Waals surface area contributed by atoms with E-state index in [9.17, 15) is 4.57 Å². The SMILES string of the molecule is CCCOP=O.[Ti]. The van der Waals surface area contributed by atoms with Gasteiger partial charge in [0.15, 0.2) is 0 Å². The zero-order valence-corrected chi connectivity index (χ0v) is 6.63. The van der Waals surface area contributed by atoms with Gasteiger partial charge in [-0.3, -0.25) is 4.52 Å². The van der Waals surface area contributed by atoms with Gasteiger partial charge in [0.1, 0.15) is 0 Å². The summed E-state index contributed by atoms with van der Waals surface area (Å²) in [5.41, 5.74) is 0. The molecule has 0 saturated carbocycles. The Bertz CT molecular complexity index is 41.9. The van der Waals surface area contributed by atoms with Crippen molar-refractivity contribution in [1.29, 1.82) is 0 Å². The van der Waals surface area contributed by atoms with Gasteiger partial charge < -0.3 is 0 Å². The van der Waals surface area contributed by atoms with Gasteiger partial charge in [-0.05, 0) is 6.42 Å². The molecule has 0 atom stereocenters. The van der Waals surface area contributed by atoms with Gasteiger partial charge in [-0.15, -0.1) is 0 Å². The predicted octanol–water partition coefficient (Wildman–Crippen LogP) is 1.62. The molecule has 0 aliphatic rings. The van der Waals surface area contributed by atoms with E-state index in [1.54, 1.807) is 0 Å². The molecule has 0 aliphatic heterocycles. The summed E-state index contributed by atoms with van der Waals surface area (Å²) < 4.78 is 13.8. The van der Waals surface area contributed by atoms with E-state index in [1.165, 1.54) is 0 Å². The molecule has 0 rings (SSSR count). The smallest absolute Gasteiger partial charge is 0.294 e. The first-order valence-corrected chi connectivity index (χ1v) is 2.59. The first-order valence-electron chi connectivity index (χ1n) is 1.86. The van der Waals surface area contributed by atoms with E-state index in [0.717, 1.165) is 6.42 Å². The van der Waals surface area contributed by atoms with Gasteiger partial charge in [0.2, 0.25) is 0 Å². The second-order valence-electron chi connectivity index (χ2n) is 0.908. The van der Waals surface area contributed by atoms with Crippen molar-refractivity contribution in [3.05, 3.63) is 0 Å². The normalized spacial score (nSPS) is 8.14. The third-order valence-corrected chi connectivity index (χ3v) is 0.636. The fraction of sp³-hybridized carbons (Fsp3) is 1.00. The zero-order valence-electron chi connectivity index (χ0n) is 4.18. The second kappa shape index (κ2) is 9.91. The van der Waals surface area contributed by atoms with Crippen molar-refractivity contribution >= 4 is 8.69 Å². The molecule has 0 radical (unpaired) electrons. The first kappa shape index (κ1) is 10.7. The second-order valence-corrected chi connectivity index (χ2v) is 1.32. The molecule has 0 aromatic rings. The van der Waals surface area contributed by atoms with Crippen LogP contribution in [-0.4, -0.2) is 6.61 Å². The van der Waals surface area contributed by atoms with Crippen molar-refractivity contribution in [2.45, 2.75) is 13.3 Å². The van der Waals surface area contributed by atoms with E-state index < -0.39 is 0 Å². The van der Waals surface area contributed by atoms with Gasteiger partial charge in [-0.2, -0.15) is 0 Å². The van der Waals surface area contributed by atoms with Gasteiger partial charge in [0, 0.05) is 21.7 Å². The fourth-order valence-electron chi connectivity index (χ4n) is 0.129. The average Bonchev–Trinajstić information content (AvgIpc) is 1.61. The fourth-order valence-corrected chi connectivity index (χ4v) is 0.386. The van der Waals surface area contributed by atoms with E-state index in [2.05, 4.69) is 4.52 Å². The molecule has 0 fully saturated rings. The van der Waals surface area contributed by atoms with E-state index in [-0.39, 0.29) is 30.4 Å². The molecule has 7 heavy (non-hydrogen) atoms. The van der Waals surface area contributed by atoms with Crippen LogP contribution in [0.2, 0.25) is 0 Å². The molecule has 40 valence electrons. The van der Waals surface area contributed by atoms with Crippen molar-refractivity contribution < 1.29 is 30.8 Å². The van der Waals surface area contributed by atoms with Crippen LogP contribution in [0.1, 0.15) is 13.3 Å². The maximum Gasteiger partial charge on any atom is 0.327 e. The summed E-state index contributed by atoms with van der Waals surface area (Å²) in [5.74, 6) is 0. The molecule has 4 heteroatoms. The minimum atomic E-state index is -0.205. The monoisotopic (exact) mass is 154 g/mol. The van der Waals surface area contributed by atoms with Crippen LogP contribution in [-0.2, 0) is 30.8 Å². The Balaban J connectivity index is 0. The van der Waals surface area contributed by atoms with Crippen molar-refractivity contribution in [3.63, 3.8) is 0 Å². The standard InChI is InChI=1S/C3H7O2P.Ti/c1-2-3-5-6-4;/h2-3H2,1H3;. The van der Waals surface area contributed by atoms with E-state index in [1.807, 2.05) is 6.92 Å². The summed E-state index contributed by atoms with van der Waals surface area (Å²) in [7, 11) is -0.205. The van der Waals surface area contributed by atoms with Crippen LogP contribution in [0.25, 0.3) is 0 Å². The number of hydrogen-bond donors (Lipinski definition) is 0. The first-order chi connectivity index (χ1) is 2.91. The molecule has 0 aliphatic carbocycles. The summed E-state index contributed by atoms with van der Waals surface area (Å²) >= 11 is 0. The van der Waals surface area contributed by atoms with Crippen LogP contribution in [0.15, 0.2) is 0 Å². The molecule has 0 heterocycles. The largest absolute Gasteiger partial charge is 0.327 e. The topological polar surface area (TPSA) is 26.3 Å². The minimum Gasteiger partial charge on any atom is -0.294 e. The Labute approximate surface area is 59.8 Å². The minimum absolute atomic E-state index is 0. The Morgan fingerprint density at radius 2 is 2.29 bits per heavy atom. The Kier molecular flexibility index (Phi) is 15.1. The van der Waals surface area contributed by atoms with Crippen LogP contribution in [0, 0.1) is 0 Å². The molecule has 0 N–H and O–H groups in total. The van der Waals surface area contributed by atoms with Crippen molar-refractivity contribution in [3.8, 4) is 0 Å². The predicted molar refractivity (Wildman–Crippen MR) is 23.8 cm³/mol. The van der Waals surface area contributed by atoms with Gasteiger partial charge >= 0.3 is 8.69 Å². The molecule has 2 nitrogen and oxygen atoms in total. The van der Waals surface area contributed by atoms with E-state index in [4.69, 9.17) is 0 Å². The Morgan fingerprint density at radius 1 is 1.71 bits per heavy atom. The average molecular weight is 154 g/mol. The number of rotatable bonds is 3.